The summed E-state index contributed by atoms with van der Waals surface area (Å²) in [5, 5.41) is 0. The Morgan fingerprint density at radius 2 is 1.66 bits per heavy atom. The largest absolute Gasteiger partial charge is 0.472 e. The van der Waals surface area contributed by atoms with Crippen LogP contribution in [0.15, 0.2) is 29.3 Å². The van der Waals surface area contributed by atoms with Gasteiger partial charge in [-0.2, -0.15) is 0 Å². The Hall–Kier alpha value is -1.96. The summed E-state index contributed by atoms with van der Waals surface area (Å²) in [6.07, 6.45) is 4.55. The first-order chi connectivity index (χ1) is 17.0. The molecule has 7 nitrogen and oxygen atoms in total. The van der Waals surface area contributed by atoms with Crippen molar-refractivity contribution in [2.75, 3.05) is 66.0 Å². The van der Waals surface area contributed by atoms with Crippen LogP contribution >= 0.6 is 0 Å². The lowest BCUT2D eigenvalue weighted by molar-refractivity contribution is -0.139. The normalized spacial score (nSPS) is 28.2. The number of piperazine rings is 1. The molecule has 5 rings (SSSR count). The van der Waals surface area contributed by atoms with Gasteiger partial charge in [0, 0.05) is 50.2 Å². The molecule has 0 N–H and O–H groups in total. The molecular weight excluding hydrogens is 438 g/mol. The second-order valence-electron chi connectivity index (χ2n) is 11.1. The minimum Gasteiger partial charge on any atom is -0.472 e. The van der Waals surface area contributed by atoms with E-state index in [0.29, 0.717) is 11.9 Å². The number of carbonyl (C=O) groups is 1. The monoisotopic (exact) mass is 481 g/mol. The smallest absolute Gasteiger partial charge is 0.225 e. The number of hydrogen-bond acceptors (Lipinski definition) is 6. The van der Waals surface area contributed by atoms with Gasteiger partial charge in [-0.3, -0.25) is 9.69 Å². The minimum absolute atomic E-state index is 0.0878. The Kier molecular flexibility index (Phi) is 7.75. The number of hydrogen-bond donors (Lipinski definition) is 0. The van der Waals surface area contributed by atoms with Crippen LogP contribution in [0.25, 0.3) is 0 Å². The van der Waals surface area contributed by atoms with Gasteiger partial charge >= 0.3 is 0 Å². The molecule has 1 aromatic carbocycles. The second-order valence-corrected chi connectivity index (χ2v) is 11.1. The van der Waals surface area contributed by atoms with Crippen molar-refractivity contribution in [2.24, 2.45) is 10.9 Å². The predicted octanol–water partition coefficient (Wildman–Crippen LogP) is 2.48. The van der Waals surface area contributed by atoms with Crippen molar-refractivity contribution < 1.29 is 9.53 Å². The van der Waals surface area contributed by atoms with Gasteiger partial charge in [0.15, 0.2) is 0 Å². The van der Waals surface area contributed by atoms with Crippen LogP contribution in [-0.4, -0.2) is 116 Å². The summed E-state index contributed by atoms with van der Waals surface area (Å²) in [6.45, 7) is 13.4. The number of benzene rings is 1. The van der Waals surface area contributed by atoms with E-state index in [1.807, 2.05) is 6.07 Å². The van der Waals surface area contributed by atoms with Crippen LogP contribution in [0.4, 0.5) is 0 Å². The highest BCUT2D eigenvalue weighted by Gasteiger charge is 2.35. The third-order valence-corrected chi connectivity index (χ3v) is 8.71. The number of ether oxygens (including phenoxy) is 1. The maximum absolute atomic E-state index is 13.3. The number of nitrogens with zero attached hydrogens (tertiary/aromatic N) is 5. The van der Waals surface area contributed by atoms with Crippen LogP contribution < -0.4 is 0 Å². The number of amides is 1. The molecule has 35 heavy (non-hydrogen) atoms. The number of rotatable bonds is 5. The van der Waals surface area contributed by atoms with Crippen molar-refractivity contribution >= 4 is 11.8 Å². The van der Waals surface area contributed by atoms with Crippen LogP contribution in [0.3, 0.4) is 0 Å². The highest BCUT2D eigenvalue weighted by atomic mass is 16.5. The fraction of sp³-hybridized carbons (Fsp3) is 0.714. The summed E-state index contributed by atoms with van der Waals surface area (Å²) in [6, 6.07) is 9.16. The van der Waals surface area contributed by atoms with E-state index >= 15 is 0 Å². The third-order valence-electron chi connectivity index (χ3n) is 8.71. The van der Waals surface area contributed by atoms with Gasteiger partial charge in [-0.25, -0.2) is 4.99 Å². The van der Waals surface area contributed by atoms with Gasteiger partial charge in [0.2, 0.25) is 11.8 Å². The highest BCUT2D eigenvalue weighted by Crippen LogP contribution is 2.25. The molecule has 4 heterocycles. The molecule has 4 aliphatic rings. The summed E-state index contributed by atoms with van der Waals surface area (Å²) in [4.78, 5) is 27.9. The molecule has 4 aliphatic heterocycles. The van der Waals surface area contributed by atoms with Crippen molar-refractivity contribution in [1.29, 1.82) is 0 Å². The number of likely N-dealkylation sites (tertiary alicyclic amines) is 2. The molecule has 1 amide bonds. The summed E-state index contributed by atoms with van der Waals surface area (Å²) in [7, 11) is 2.22. The van der Waals surface area contributed by atoms with E-state index in [1.54, 1.807) is 0 Å². The number of piperidine rings is 2. The van der Waals surface area contributed by atoms with E-state index in [0.717, 1.165) is 70.1 Å². The zero-order valence-electron chi connectivity index (χ0n) is 21.9. The molecule has 0 spiro atoms. The maximum atomic E-state index is 13.3. The zero-order chi connectivity index (χ0) is 24.4. The van der Waals surface area contributed by atoms with Crippen LogP contribution in [0.1, 0.15) is 43.7 Å². The highest BCUT2D eigenvalue weighted by molar-refractivity contribution is 5.96. The van der Waals surface area contributed by atoms with Crippen molar-refractivity contribution in [3.63, 3.8) is 0 Å². The van der Waals surface area contributed by atoms with Gasteiger partial charge in [-0.1, -0.05) is 18.2 Å². The number of aryl methyl sites for hydroxylation is 1. The molecule has 3 saturated heterocycles. The SMILES string of the molecule is Cc1ccccc1C1=NC(CN2CCC(C(=O)N3CCN(C4CCN(C)CC4)CC3)CC2)C(C)O1. The molecule has 7 heteroatoms. The summed E-state index contributed by atoms with van der Waals surface area (Å²) in [5.74, 6) is 1.36. The van der Waals surface area contributed by atoms with Crippen molar-refractivity contribution in [3.8, 4) is 0 Å². The van der Waals surface area contributed by atoms with E-state index < -0.39 is 0 Å². The molecule has 0 bridgehead atoms. The summed E-state index contributed by atoms with van der Waals surface area (Å²) < 4.78 is 6.13. The van der Waals surface area contributed by atoms with Crippen LogP contribution in [0.5, 0.6) is 0 Å². The first-order valence-corrected chi connectivity index (χ1v) is 13.7. The second kappa shape index (κ2) is 11.0. The van der Waals surface area contributed by atoms with E-state index in [9.17, 15) is 4.79 Å². The van der Waals surface area contributed by atoms with Crippen molar-refractivity contribution in [2.45, 2.75) is 57.7 Å². The molecule has 2 atom stereocenters. The Labute approximate surface area is 211 Å². The lowest BCUT2D eigenvalue weighted by atomic mass is 9.94. The molecule has 1 aromatic rings. The molecule has 0 radical (unpaired) electrons. The molecule has 2 unspecified atom stereocenters. The number of carbonyl (C=O) groups excluding carboxylic acids is 1. The van der Waals surface area contributed by atoms with Gasteiger partial charge in [0.25, 0.3) is 0 Å². The maximum Gasteiger partial charge on any atom is 0.225 e. The molecule has 192 valence electrons. The lowest BCUT2D eigenvalue weighted by Gasteiger charge is -2.43. The fourth-order valence-corrected chi connectivity index (χ4v) is 6.23. The quantitative estimate of drug-likeness (QED) is 0.647. The Morgan fingerprint density at radius 1 is 0.971 bits per heavy atom. The predicted molar refractivity (Wildman–Crippen MR) is 140 cm³/mol. The Bertz CT molecular complexity index is 896. The van der Waals surface area contributed by atoms with Crippen LogP contribution in [0.2, 0.25) is 0 Å². The van der Waals surface area contributed by atoms with Crippen molar-refractivity contribution in [3.05, 3.63) is 35.4 Å². The average Bonchev–Trinajstić information content (AvgIpc) is 3.24. The average molecular weight is 482 g/mol. The molecule has 0 saturated carbocycles. The Morgan fingerprint density at radius 3 is 2.34 bits per heavy atom. The van der Waals surface area contributed by atoms with E-state index in [4.69, 9.17) is 9.73 Å². The number of aliphatic imine (C=N–C) groups is 1. The zero-order valence-corrected chi connectivity index (χ0v) is 21.9. The van der Waals surface area contributed by atoms with Crippen LogP contribution in [0, 0.1) is 12.8 Å². The van der Waals surface area contributed by atoms with Gasteiger partial charge in [-0.15, -0.1) is 0 Å². The van der Waals surface area contributed by atoms with Crippen molar-refractivity contribution in [1.82, 2.24) is 19.6 Å². The molecule has 3 fully saturated rings. The first kappa shape index (κ1) is 24.7. The fourth-order valence-electron chi connectivity index (χ4n) is 6.23. The molecule has 0 aromatic heterocycles. The third kappa shape index (κ3) is 5.73. The van der Waals surface area contributed by atoms with E-state index in [-0.39, 0.29) is 18.1 Å². The summed E-state index contributed by atoms with van der Waals surface area (Å²) in [5.41, 5.74) is 2.30. The van der Waals surface area contributed by atoms with Gasteiger partial charge in [-0.05, 0) is 84.4 Å². The molecular formula is C28H43N5O2. The summed E-state index contributed by atoms with van der Waals surface area (Å²) >= 11 is 0. The van der Waals surface area contributed by atoms with Gasteiger partial charge < -0.3 is 19.4 Å². The van der Waals surface area contributed by atoms with E-state index in [1.165, 1.54) is 31.5 Å². The minimum atomic E-state index is 0.0878. The first-order valence-electron chi connectivity index (χ1n) is 13.7. The lowest BCUT2D eigenvalue weighted by Crippen LogP contribution is -2.55. The van der Waals surface area contributed by atoms with Gasteiger partial charge in [0.1, 0.15) is 12.1 Å². The van der Waals surface area contributed by atoms with Crippen LogP contribution in [-0.2, 0) is 9.53 Å². The van der Waals surface area contributed by atoms with Gasteiger partial charge in [0.05, 0.1) is 0 Å². The Balaban J connectivity index is 1.07. The topological polar surface area (TPSA) is 51.6 Å². The standard InChI is InChI=1S/C28H43N5O2/c1-21-6-4-5-7-25(21)27-29-26(22(2)35-27)20-31-14-8-23(9-15-31)28(34)33-18-16-32(17-19-33)24-10-12-30(3)13-11-24/h4-7,22-24,26H,8-20H2,1-3H3. The molecule has 0 aliphatic carbocycles. The van der Waals surface area contributed by atoms with E-state index in [2.05, 4.69) is 58.7 Å².